The second-order valence-electron chi connectivity index (χ2n) is 5.09. The highest BCUT2D eigenvalue weighted by molar-refractivity contribution is 5.78. The Kier molecular flexibility index (Phi) is 3.82. The van der Waals surface area contributed by atoms with Gasteiger partial charge in [0.1, 0.15) is 0 Å². The predicted octanol–water partition coefficient (Wildman–Crippen LogP) is 0.368. The fraction of sp³-hybridized carbons (Fsp3) is 0.909. The standard InChI is InChI=1S/C11H17F3N2O2/c12-11(13,14)6-15-3-10(18)16-4-7-1-2-9(17)8(7)5-16/h7-9,15,17H,1-6H2. The monoisotopic (exact) mass is 266 g/mol. The Bertz CT molecular complexity index is 322. The molecule has 3 atom stereocenters. The van der Waals surface area contributed by atoms with E-state index in [0.29, 0.717) is 19.0 Å². The van der Waals surface area contributed by atoms with Gasteiger partial charge in [-0.25, -0.2) is 0 Å². The molecule has 3 unspecified atom stereocenters. The summed E-state index contributed by atoms with van der Waals surface area (Å²) in [5, 5.41) is 11.8. The lowest BCUT2D eigenvalue weighted by atomic mass is 10.00. The lowest BCUT2D eigenvalue weighted by molar-refractivity contribution is -0.133. The van der Waals surface area contributed by atoms with Gasteiger partial charge in [0.15, 0.2) is 0 Å². The lowest BCUT2D eigenvalue weighted by Crippen LogP contribution is -2.40. The number of aliphatic hydroxyl groups excluding tert-OH is 1. The van der Waals surface area contributed by atoms with Crippen molar-refractivity contribution < 1.29 is 23.1 Å². The number of nitrogens with zero attached hydrogens (tertiary/aromatic N) is 1. The molecule has 0 aromatic heterocycles. The number of hydrogen-bond acceptors (Lipinski definition) is 3. The normalized spacial score (nSPS) is 31.8. The molecule has 1 saturated heterocycles. The Labute approximate surface area is 103 Å². The average Bonchev–Trinajstić information content (AvgIpc) is 2.79. The van der Waals surface area contributed by atoms with Crippen LogP contribution in [0.2, 0.25) is 0 Å². The van der Waals surface area contributed by atoms with E-state index in [1.165, 1.54) is 0 Å². The Hall–Kier alpha value is -0.820. The maximum absolute atomic E-state index is 11.9. The average molecular weight is 266 g/mol. The minimum Gasteiger partial charge on any atom is -0.393 e. The molecule has 2 N–H and O–H groups in total. The first-order valence-electron chi connectivity index (χ1n) is 6.10. The van der Waals surface area contributed by atoms with Gasteiger partial charge >= 0.3 is 6.18 Å². The third kappa shape index (κ3) is 3.14. The summed E-state index contributed by atoms with van der Waals surface area (Å²) in [7, 11) is 0. The number of likely N-dealkylation sites (tertiary alicyclic amines) is 1. The lowest BCUT2D eigenvalue weighted by Gasteiger charge is -2.19. The van der Waals surface area contributed by atoms with Crippen LogP contribution in [0.25, 0.3) is 0 Å². The van der Waals surface area contributed by atoms with Crippen LogP contribution in [0.1, 0.15) is 12.8 Å². The zero-order valence-corrected chi connectivity index (χ0v) is 9.91. The number of amides is 1. The van der Waals surface area contributed by atoms with Crippen molar-refractivity contribution in [3.63, 3.8) is 0 Å². The minimum atomic E-state index is -4.29. The molecule has 18 heavy (non-hydrogen) atoms. The summed E-state index contributed by atoms with van der Waals surface area (Å²) < 4.78 is 35.7. The largest absolute Gasteiger partial charge is 0.401 e. The number of carbonyl (C=O) groups excluding carboxylic acids is 1. The van der Waals surface area contributed by atoms with E-state index in [4.69, 9.17) is 0 Å². The second kappa shape index (κ2) is 5.05. The van der Waals surface area contributed by atoms with E-state index in [1.54, 1.807) is 4.90 Å². The van der Waals surface area contributed by atoms with E-state index >= 15 is 0 Å². The molecule has 7 heteroatoms. The van der Waals surface area contributed by atoms with E-state index in [1.807, 2.05) is 0 Å². The SMILES string of the molecule is O=C(CNCC(F)(F)F)N1CC2CCC(O)C2C1. The Morgan fingerprint density at radius 2 is 2.06 bits per heavy atom. The fourth-order valence-electron chi connectivity index (χ4n) is 2.86. The van der Waals surface area contributed by atoms with Crippen molar-refractivity contribution in [2.45, 2.75) is 25.1 Å². The molecule has 0 aromatic carbocycles. The van der Waals surface area contributed by atoms with E-state index in [2.05, 4.69) is 5.32 Å². The highest BCUT2D eigenvalue weighted by atomic mass is 19.4. The van der Waals surface area contributed by atoms with Crippen LogP contribution >= 0.6 is 0 Å². The van der Waals surface area contributed by atoms with E-state index in [9.17, 15) is 23.1 Å². The number of halogens is 3. The second-order valence-corrected chi connectivity index (χ2v) is 5.09. The summed E-state index contributed by atoms with van der Waals surface area (Å²) >= 11 is 0. The van der Waals surface area contributed by atoms with Gasteiger partial charge in [0.05, 0.1) is 19.2 Å². The van der Waals surface area contributed by atoms with Gasteiger partial charge in [0.2, 0.25) is 5.91 Å². The van der Waals surface area contributed by atoms with Crippen LogP contribution in [0.5, 0.6) is 0 Å². The number of carbonyl (C=O) groups is 1. The van der Waals surface area contributed by atoms with Crippen LogP contribution in [0, 0.1) is 11.8 Å². The van der Waals surface area contributed by atoms with Crippen LogP contribution in [0.4, 0.5) is 13.2 Å². The molecule has 0 bridgehead atoms. The first-order chi connectivity index (χ1) is 8.37. The van der Waals surface area contributed by atoms with Gasteiger partial charge in [0.25, 0.3) is 0 Å². The molecule has 2 aliphatic rings. The molecular formula is C11H17F3N2O2. The van der Waals surface area contributed by atoms with E-state index < -0.39 is 12.7 Å². The molecule has 2 fully saturated rings. The molecule has 1 aliphatic heterocycles. The molecular weight excluding hydrogens is 249 g/mol. The summed E-state index contributed by atoms with van der Waals surface area (Å²) in [6, 6.07) is 0. The predicted molar refractivity (Wildman–Crippen MR) is 57.7 cm³/mol. The molecule has 0 radical (unpaired) electrons. The summed E-state index contributed by atoms with van der Waals surface area (Å²) in [6.07, 6.45) is -3.00. The highest BCUT2D eigenvalue weighted by Crippen LogP contribution is 2.37. The smallest absolute Gasteiger partial charge is 0.393 e. The fourth-order valence-corrected chi connectivity index (χ4v) is 2.86. The Morgan fingerprint density at radius 3 is 2.67 bits per heavy atom. The van der Waals surface area contributed by atoms with Crippen molar-refractivity contribution in [1.82, 2.24) is 10.2 Å². The van der Waals surface area contributed by atoms with Crippen molar-refractivity contribution in [2.75, 3.05) is 26.2 Å². The Balaban J connectivity index is 1.75. The topological polar surface area (TPSA) is 52.6 Å². The summed E-state index contributed by atoms with van der Waals surface area (Å²) in [5.74, 6) is 0.101. The molecule has 1 saturated carbocycles. The van der Waals surface area contributed by atoms with Crippen molar-refractivity contribution in [3.05, 3.63) is 0 Å². The summed E-state index contributed by atoms with van der Waals surface area (Å²) in [4.78, 5) is 13.2. The molecule has 4 nitrogen and oxygen atoms in total. The van der Waals surface area contributed by atoms with Crippen LogP contribution in [-0.2, 0) is 4.79 Å². The summed E-state index contributed by atoms with van der Waals surface area (Å²) in [6.45, 7) is -0.413. The third-order valence-electron chi connectivity index (χ3n) is 3.77. The first kappa shape index (κ1) is 13.6. The van der Waals surface area contributed by atoms with Crippen molar-refractivity contribution in [2.24, 2.45) is 11.8 Å². The number of nitrogens with one attached hydrogen (secondary N) is 1. The minimum absolute atomic E-state index is 0.108. The molecule has 0 aromatic rings. The zero-order chi connectivity index (χ0) is 13.3. The van der Waals surface area contributed by atoms with Crippen LogP contribution < -0.4 is 5.32 Å². The molecule has 1 aliphatic carbocycles. The molecule has 1 heterocycles. The maximum atomic E-state index is 11.9. The quantitative estimate of drug-likeness (QED) is 0.776. The molecule has 1 amide bonds. The van der Waals surface area contributed by atoms with Gasteiger partial charge < -0.3 is 15.3 Å². The maximum Gasteiger partial charge on any atom is 0.401 e. The van der Waals surface area contributed by atoms with Gasteiger partial charge in [-0.15, -0.1) is 0 Å². The van der Waals surface area contributed by atoms with Crippen LogP contribution in [0.15, 0.2) is 0 Å². The number of rotatable bonds is 3. The first-order valence-corrected chi connectivity index (χ1v) is 6.10. The Morgan fingerprint density at radius 1 is 1.33 bits per heavy atom. The molecule has 104 valence electrons. The highest BCUT2D eigenvalue weighted by Gasteiger charge is 2.43. The number of hydrogen-bond donors (Lipinski definition) is 2. The number of fused-ring (bicyclic) bond motifs is 1. The van der Waals surface area contributed by atoms with Crippen molar-refractivity contribution >= 4 is 5.91 Å². The van der Waals surface area contributed by atoms with Gasteiger partial charge in [0, 0.05) is 19.0 Å². The van der Waals surface area contributed by atoms with Gasteiger partial charge in [-0.1, -0.05) is 0 Å². The molecule has 2 rings (SSSR count). The van der Waals surface area contributed by atoms with Crippen molar-refractivity contribution in [3.8, 4) is 0 Å². The van der Waals surface area contributed by atoms with Crippen molar-refractivity contribution in [1.29, 1.82) is 0 Å². The van der Waals surface area contributed by atoms with Gasteiger partial charge in [-0.2, -0.15) is 13.2 Å². The molecule has 0 spiro atoms. The third-order valence-corrected chi connectivity index (χ3v) is 3.77. The van der Waals surface area contributed by atoms with Crippen LogP contribution in [0.3, 0.4) is 0 Å². The van der Waals surface area contributed by atoms with E-state index in [-0.39, 0.29) is 24.5 Å². The van der Waals surface area contributed by atoms with Gasteiger partial charge in [-0.05, 0) is 18.8 Å². The number of aliphatic hydroxyl groups is 1. The van der Waals surface area contributed by atoms with Crippen LogP contribution in [-0.4, -0.2) is 54.4 Å². The van der Waals surface area contributed by atoms with Gasteiger partial charge in [-0.3, -0.25) is 4.79 Å². The summed E-state index contributed by atoms with van der Waals surface area (Å²) in [5.41, 5.74) is 0. The number of alkyl halides is 3. The zero-order valence-electron chi connectivity index (χ0n) is 9.91. The van der Waals surface area contributed by atoms with E-state index in [0.717, 1.165) is 12.8 Å².